The van der Waals surface area contributed by atoms with Crippen molar-refractivity contribution in [1.82, 2.24) is 10.3 Å². The number of nitrogens with one attached hydrogen (secondary N) is 1. The Morgan fingerprint density at radius 3 is 2.95 bits per heavy atom. The van der Waals surface area contributed by atoms with Gasteiger partial charge in [-0.05, 0) is 52.4 Å². The Morgan fingerprint density at radius 2 is 2.21 bits per heavy atom. The van der Waals surface area contributed by atoms with E-state index >= 15 is 0 Å². The highest BCUT2D eigenvalue weighted by molar-refractivity contribution is 14.1. The number of benzene rings is 1. The van der Waals surface area contributed by atoms with Crippen LogP contribution in [-0.2, 0) is 6.54 Å². The molecule has 1 amide bonds. The van der Waals surface area contributed by atoms with Crippen LogP contribution in [0.3, 0.4) is 0 Å². The molecule has 0 aliphatic heterocycles. The number of rotatable bonds is 4. The molecule has 0 radical (unpaired) electrons. The molecular weight excluding hydrogens is 355 g/mol. The Kier molecular flexibility index (Phi) is 4.73. The van der Waals surface area contributed by atoms with Gasteiger partial charge < -0.3 is 10.1 Å². The van der Waals surface area contributed by atoms with Gasteiger partial charge in [0.15, 0.2) is 0 Å². The molecule has 0 fully saturated rings. The topological polar surface area (TPSA) is 51.2 Å². The average Bonchev–Trinajstić information content (AvgIpc) is 2.45. The van der Waals surface area contributed by atoms with Gasteiger partial charge in [-0.1, -0.05) is 6.07 Å². The number of pyridine rings is 1. The molecule has 0 spiro atoms. The van der Waals surface area contributed by atoms with Crippen molar-refractivity contribution in [3.05, 3.63) is 57.3 Å². The summed E-state index contributed by atoms with van der Waals surface area (Å²) in [5.41, 5.74) is 1.61. The molecular formula is C14H13IN2O2. The van der Waals surface area contributed by atoms with E-state index in [2.05, 4.69) is 32.9 Å². The van der Waals surface area contributed by atoms with E-state index < -0.39 is 0 Å². The highest BCUT2D eigenvalue weighted by Gasteiger charge is 2.05. The summed E-state index contributed by atoms with van der Waals surface area (Å²) in [5, 5.41) is 2.87. The number of methoxy groups -OCH3 is 1. The van der Waals surface area contributed by atoms with Gasteiger partial charge in [0.05, 0.1) is 7.11 Å². The zero-order valence-corrected chi connectivity index (χ0v) is 12.5. The van der Waals surface area contributed by atoms with Gasteiger partial charge in [-0.2, -0.15) is 0 Å². The third-order valence-electron chi connectivity index (χ3n) is 2.55. The zero-order chi connectivity index (χ0) is 13.7. The summed E-state index contributed by atoms with van der Waals surface area (Å²) in [5.74, 6) is 0.454. The number of nitrogens with zero attached hydrogens (tertiary/aromatic N) is 1. The maximum Gasteiger partial charge on any atom is 0.251 e. The first-order valence-corrected chi connectivity index (χ1v) is 6.79. The minimum absolute atomic E-state index is 0.0886. The van der Waals surface area contributed by atoms with Crippen molar-refractivity contribution in [2.24, 2.45) is 0 Å². The van der Waals surface area contributed by atoms with Crippen molar-refractivity contribution in [2.45, 2.75) is 6.54 Å². The van der Waals surface area contributed by atoms with Gasteiger partial charge in [-0.25, -0.2) is 4.98 Å². The minimum atomic E-state index is -0.0886. The number of hydrogen-bond donors (Lipinski definition) is 1. The highest BCUT2D eigenvalue weighted by Crippen LogP contribution is 2.10. The molecule has 4 nitrogen and oxygen atoms in total. The van der Waals surface area contributed by atoms with Crippen LogP contribution in [0.15, 0.2) is 42.6 Å². The second-order valence-corrected chi connectivity index (χ2v) is 5.15. The van der Waals surface area contributed by atoms with Gasteiger partial charge in [0.2, 0.25) is 5.88 Å². The number of hydrogen-bond acceptors (Lipinski definition) is 3. The number of carbonyl (C=O) groups is 1. The van der Waals surface area contributed by atoms with Gasteiger partial charge in [0, 0.05) is 27.9 Å². The summed E-state index contributed by atoms with van der Waals surface area (Å²) in [7, 11) is 1.57. The second-order valence-electron chi connectivity index (χ2n) is 3.90. The average molecular weight is 368 g/mol. The van der Waals surface area contributed by atoms with Gasteiger partial charge in [-0.15, -0.1) is 0 Å². The Morgan fingerprint density at radius 1 is 1.37 bits per heavy atom. The highest BCUT2D eigenvalue weighted by atomic mass is 127. The van der Waals surface area contributed by atoms with Gasteiger partial charge in [-0.3, -0.25) is 4.79 Å². The van der Waals surface area contributed by atoms with E-state index in [-0.39, 0.29) is 5.91 Å². The van der Waals surface area contributed by atoms with Crippen LogP contribution in [0.4, 0.5) is 0 Å². The van der Waals surface area contributed by atoms with Crippen molar-refractivity contribution < 1.29 is 9.53 Å². The third-order valence-corrected chi connectivity index (χ3v) is 3.22. The Balaban J connectivity index is 2.00. The van der Waals surface area contributed by atoms with E-state index in [1.165, 1.54) is 0 Å². The molecule has 0 unspecified atom stereocenters. The van der Waals surface area contributed by atoms with Gasteiger partial charge >= 0.3 is 0 Å². The molecule has 1 heterocycles. The van der Waals surface area contributed by atoms with Gasteiger partial charge in [0.1, 0.15) is 0 Å². The summed E-state index contributed by atoms with van der Waals surface area (Å²) < 4.78 is 6.08. The molecule has 5 heteroatoms. The fourth-order valence-corrected chi connectivity index (χ4v) is 2.13. The van der Waals surface area contributed by atoms with Gasteiger partial charge in [0.25, 0.3) is 5.91 Å². The maximum atomic E-state index is 12.0. The van der Waals surface area contributed by atoms with Crippen LogP contribution in [0.5, 0.6) is 5.88 Å². The van der Waals surface area contributed by atoms with E-state index in [9.17, 15) is 4.79 Å². The van der Waals surface area contributed by atoms with E-state index in [1.54, 1.807) is 25.4 Å². The van der Waals surface area contributed by atoms with Crippen molar-refractivity contribution in [2.75, 3.05) is 7.11 Å². The molecule has 1 aromatic heterocycles. The molecule has 1 aromatic carbocycles. The fourth-order valence-electron chi connectivity index (χ4n) is 1.59. The van der Waals surface area contributed by atoms with E-state index in [0.29, 0.717) is 18.0 Å². The lowest BCUT2D eigenvalue weighted by Gasteiger charge is -2.06. The molecule has 0 aliphatic carbocycles. The summed E-state index contributed by atoms with van der Waals surface area (Å²) in [6.07, 6.45) is 1.66. The SMILES string of the molecule is COc1cc(CNC(=O)c2cccc(I)c2)ccn1. The van der Waals surface area contributed by atoms with E-state index in [4.69, 9.17) is 4.74 Å². The normalized spacial score (nSPS) is 10.0. The number of ether oxygens (including phenoxy) is 1. The first-order chi connectivity index (χ1) is 9.19. The van der Waals surface area contributed by atoms with Crippen LogP contribution >= 0.6 is 22.6 Å². The van der Waals surface area contributed by atoms with Crippen LogP contribution < -0.4 is 10.1 Å². The maximum absolute atomic E-state index is 12.0. The Labute approximate surface area is 125 Å². The summed E-state index contributed by atoms with van der Waals surface area (Å²) >= 11 is 2.18. The fraction of sp³-hybridized carbons (Fsp3) is 0.143. The van der Waals surface area contributed by atoms with Crippen LogP contribution in [-0.4, -0.2) is 18.0 Å². The van der Waals surface area contributed by atoms with Crippen molar-refractivity contribution >= 4 is 28.5 Å². The zero-order valence-electron chi connectivity index (χ0n) is 10.4. The summed E-state index contributed by atoms with van der Waals surface area (Å²) in [6.45, 7) is 0.448. The van der Waals surface area contributed by atoms with Crippen LogP contribution in [0.25, 0.3) is 0 Å². The van der Waals surface area contributed by atoms with Crippen molar-refractivity contribution in [3.63, 3.8) is 0 Å². The predicted octanol–water partition coefficient (Wildman–Crippen LogP) is 2.62. The second kappa shape index (κ2) is 6.51. The number of carbonyl (C=O) groups excluding carboxylic acids is 1. The molecule has 98 valence electrons. The molecule has 2 rings (SSSR count). The lowest BCUT2D eigenvalue weighted by Crippen LogP contribution is -2.22. The number of aromatic nitrogens is 1. The molecule has 0 atom stereocenters. The number of amides is 1. The standard InChI is InChI=1S/C14H13IN2O2/c1-19-13-7-10(5-6-16-13)9-17-14(18)11-3-2-4-12(15)8-11/h2-8H,9H2,1H3,(H,17,18). The molecule has 0 saturated heterocycles. The molecule has 2 aromatic rings. The lowest BCUT2D eigenvalue weighted by molar-refractivity contribution is 0.0951. The molecule has 1 N–H and O–H groups in total. The van der Waals surface area contributed by atoms with Crippen LogP contribution in [0.1, 0.15) is 15.9 Å². The van der Waals surface area contributed by atoms with Crippen molar-refractivity contribution in [1.29, 1.82) is 0 Å². The molecule has 0 saturated carbocycles. The first kappa shape index (κ1) is 13.8. The minimum Gasteiger partial charge on any atom is -0.481 e. The van der Waals surface area contributed by atoms with Crippen LogP contribution in [0, 0.1) is 3.57 Å². The monoisotopic (exact) mass is 368 g/mol. The van der Waals surface area contributed by atoms with Crippen LogP contribution in [0.2, 0.25) is 0 Å². The van der Waals surface area contributed by atoms with E-state index in [0.717, 1.165) is 9.13 Å². The first-order valence-electron chi connectivity index (χ1n) is 5.72. The predicted molar refractivity (Wildman–Crippen MR) is 81.1 cm³/mol. The summed E-state index contributed by atoms with van der Waals surface area (Å²) in [6, 6.07) is 11.1. The summed E-state index contributed by atoms with van der Waals surface area (Å²) in [4.78, 5) is 16.0. The Bertz CT molecular complexity index is 587. The van der Waals surface area contributed by atoms with Crippen molar-refractivity contribution in [3.8, 4) is 5.88 Å². The smallest absolute Gasteiger partial charge is 0.251 e. The molecule has 0 aliphatic rings. The molecule has 0 bridgehead atoms. The lowest BCUT2D eigenvalue weighted by atomic mass is 10.2. The number of halogens is 1. The quantitative estimate of drug-likeness (QED) is 0.845. The van der Waals surface area contributed by atoms with E-state index in [1.807, 2.05) is 24.3 Å². The molecule has 19 heavy (non-hydrogen) atoms. The largest absolute Gasteiger partial charge is 0.481 e. The third kappa shape index (κ3) is 3.92. The Hall–Kier alpha value is -1.63.